The maximum absolute atomic E-state index is 12.8. The van der Waals surface area contributed by atoms with E-state index in [0.717, 1.165) is 18.7 Å². The van der Waals surface area contributed by atoms with Crippen LogP contribution in [0.2, 0.25) is 0 Å². The number of aromatic nitrogens is 3. The molecule has 7 nitrogen and oxygen atoms in total. The quantitative estimate of drug-likeness (QED) is 0.908. The van der Waals surface area contributed by atoms with Crippen molar-refractivity contribution in [3.63, 3.8) is 0 Å². The molecule has 2 aliphatic rings. The highest BCUT2D eigenvalue weighted by molar-refractivity contribution is 5.94. The van der Waals surface area contributed by atoms with Crippen LogP contribution in [0.25, 0.3) is 0 Å². The van der Waals surface area contributed by atoms with Gasteiger partial charge < -0.3 is 14.7 Å². The van der Waals surface area contributed by atoms with Crippen molar-refractivity contribution >= 4 is 11.7 Å². The second kappa shape index (κ2) is 6.22. The van der Waals surface area contributed by atoms with Crippen LogP contribution in [-0.2, 0) is 6.42 Å². The first-order valence-electron chi connectivity index (χ1n) is 8.60. The van der Waals surface area contributed by atoms with Crippen molar-refractivity contribution in [2.75, 3.05) is 11.9 Å². The van der Waals surface area contributed by atoms with Gasteiger partial charge in [0.25, 0.3) is 5.91 Å². The Hall–Kier alpha value is -2.44. The summed E-state index contributed by atoms with van der Waals surface area (Å²) in [6, 6.07) is 4.15. The van der Waals surface area contributed by atoms with Gasteiger partial charge in [0.15, 0.2) is 5.82 Å². The van der Waals surface area contributed by atoms with Crippen LogP contribution >= 0.6 is 0 Å². The number of carbonyl (C=O) groups excluding carboxylic acids is 1. The van der Waals surface area contributed by atoms with Crippen LogP contribution in [-0.4, -0.2) is 38.5 Å². The summed E-state index contributed by atoms with van der Waals surface area (Å²) >= 11 is 0. The van der Waals surface area contributed by atoms with Gasteiger partial charge in [-0.2, -0.15) is 4.98 Å². The lowest BCUT2D eigenvalue weighted by molar-refractivity contribution is 0.0728. The lowest BCUT2D eigenvalue weighted by atomic mass is 10.2. The van der Waals surface area contributed by atoms with Crippen LogP contribution in [0.5, 0.6) is 0 Å². The Morgan fingerprint density at radius 3 is 2.92 bits per heavy atom. The second-order valence-electron chi connectivity index (χ2n) is 6.41. The van der Waals surface area contributed by atoms with E-state index in [-0.39, 0.29) is 11.9 Å². The molecule has 1 N–H and O–H groups in total. The number of nitrogens with zero attached hydrogens (tertiary/aromatic N) is 4. The van der Waals surface area contributed by atoms with Crippen LogP contribution in [0.15, 0.2) is 22.9 Å². The minimum Gasteiger partial charge on any atom is -0.367 e. The standard InChI is InChI=1S/C17H21N5O2/c1-2-15-20-16(21-24-15)13-4-3-9-22(13)17(23)11-5-8-14(18-10-11)19-12-6-7-12/h5,8,10,12-13H,2-4,6-7,9H2,1H3,(H,18,19). The Morgan fingerprint density at radius 1 is 1.38 bits per heavy atom. The van der Waals surface area contributed by atoms with Crippen molar-refractivity contribution in [2.24, 2.45) is 0 Å². The van der Waals surface area contributed by atoms with Crippen LogP contribution in [0.4, 0.5) is 5.82 Å². The first-order valence-corrected chi connectivity index (χ1v) is 8.60. The molecule has 4 rings (SSSR count). The largest absolute Gasteiger partial charge is 0.367 e. The van der Waals surface area contributed by atoms with Crippen LogP contribution in [0, 0.1) is 0 Å². The van der Waals surface area contributed by atoms with Gasteiger partial charge in [-0.1, -0.05) is 12.1 Å². The van der Waals surface area contributed by atoms with E-state index in [1.54, 1.807) is 6.20 Å². The van der Waals surface area contributed by atoms with Crippen molar-refractivity contribution in [3.8, 4) is 0 Å². The first-order chi connectivity index (χ1) is 11.7. The normalized spacial score (nSPS) is 20.4. The van der Waals surface area contributed by atoms with Gasteiger partial charge in [-0.05, 0) is 37.8 Å². The number of hydrogen-bond acceptors (Lipinski definition) is 6. The van der Waals surface area contributed by atoms with Gasteiger partial charge in [-0.15, -0.1) is 0 Å². The average Bonchev–Trinajstić information content (AvgIpc) is 3.12. The Labute approximate surface area is 140 Å². The molecule has 2 aromatic rings. The van der Waals surface area contributed by atoms with E-state index in [1.165, 1.54) is 12.8 Å². The highest BCUT2D eigenvalue weighted by Crippen LogP contribution is 2.31. The average molecular weight is 327 g/mol. The van der Waals surface area contributed by atoms with Crippen molar-refractivity contribution in [1.82, 2.24) is 20.0 Å². The number of anilines is 1. The summed E-state index contributed by atoms with van der Waals surface area (Å²) < 4.78 is 5.20. The predicted molar refractivity (Wildman–Crippen MR) is 87.6 cm³/mol. The Kier molecular flexibility index (Phi) is 3.92. The molecule has 3 heterocycles. The number of likely N-dealkylation sites (tertiary alicyclic amines) is 1. The third-order valence-corrected chi connectivity index (χ3v) is 4.54. The molecule has 24 heavy (non-hydrogen) atoms. The third kappa shape index (κ3) is 2.98. The zero-order chi connectivity index (χ0) is 16.5. The molecule has 0 aromatic carbocycles. The minimum atomic E-state index is -0.106. The predicted octanol–water partition coefficient (Wildman–Crippen LogP) is 2.58. The van der Waals surface area contributed by atoms with Crippen molar-refractivity contribution in [2.45, 2.75) is 51.1 Å². The van der Waals surface area contributed by atoms with Crippen molar-refractivity contribution in [3.05, 3.63) is 35.6 Å². The molecule has 0 spiro atoms. The smallest absolute Gasteiger partial charge is 0.256 e. The van der Waals surface area contributed by atoms with Gasteiger partial charge in [0.1, 0.15) is 5.82 Å². The van der Waals surface area contributed by atoms with Gasteiger partial charge in [-0.3, -0.25) is 4.79 Å². The van der Waals surface area contributed by atoms with Gasteiger partial charge >= 0.3 is 0 Å². The van der Waals surface area contributed by atoms with Crippen LogP contribution < -0.4 is 5.32 Å². The number of carbonyl (C=O) groups is 1. The molecule has 1 unspecified atom stereocenters. The number of pyridine rings is 1. The van der Waals surface area contributed by atoms with E-state index < -0.39 is 0 Å². The number of aryl methyl sites for hydroxylation is 1. The molecule has 0 radical (unpaired) electrons. The zero-order valence-corrected chi connectivity index (χ0v) is 13.7. The molecule has 1 saturated heterocycles. The second-order valence-corrected chi connectivity index (χ2v) is 6.41. The summed E-state index contributed by atoms with van der Waals surface area (Å²) in [6.45, 7) is 2.68. The summed E-state index contributed by atoms with van der Waals surface area (Å²) in [5, 5.41) is 7.37. The van der Waals surface area contributed by atoms with Gasteiger partial charge in [0, 0.05) is 25.2 Å². The summed E-state index contributed by atoms with van der Waals surface area (Å²) in [5.41, 5.74) is 0.599. The molecule has 126 valence electrons. The number of hydrogen-bond donors (Lipinski definition) is 1. The molecule has 0 bridgehead atoms. The molecule has 1 amide bonds. The molecule has 7 heteroatoms. The SMILES string of the molecule is CCc1nc(C2CCCN2C(=O)c2ccc(NC3CC3)nc2)no1. The van der Waals surface area contributed by atoms with Crippen molar-refractivity contribution < 1.29 is 9.32 Å². The number of nitrogens with one attached hydrogen (secondary N) is 1. The molecule has 1 atom stereocenters. The van der Waals surface area contributed by atoms with Gasteiger partial charge in [-0.25, -0.2) is 4.98 Å². The lowest BCUT2D eigenvalue weighted by Crippen LogP contribution is -2.31. The van der Waals surface area contributed by atoms with Gasteiger partial charge in [0.05, 0.1) is 11.6 Å². The van der Waals surface area contributed by atoms with E-state index in [4.69, 9.17) is 4.52 Å². The lowest BCUT2D eigenvalue weighted by Gasteiger charge is -2.22. The Balaban J connectivity index is 1.49. The Morgan fingerprint density at radius 2 is 2.25 bits per heavy atom. The maximum Gasteiger partial charge on any atom is 0.256 e. The van der Waals surface area contributed by atoms with Crippen molar-refractivity contribution in [1.29, 1.82) is 0 Å². The fourth-order valence-electron chi connectivity index (χ4n) is 3.03. The fourth-order valence-corrected chi connectivity index (χ4v) is 3.03. The minimum absolute atomic E-state index is 0.0224. The topological polar surface area (TPSA) is 84.2 Å². The van der Waals surface area contributed by atoms with Crippen LogP contribution in [0.3, 0.4) is 0 Å². The fraction of sp³-hybridized carbons (Fsp3) is 0.529. The van der Waals surface area contributed by atoms with E-state index in [9.17, 15) is 4.79 Å². The summed E-state index contributed by atoms with van der Waals surface area (Å²) in [7, 11) is 0. The molecule has 2 aromatic heterocycles. The first kappa shape index (κ1) is 15.1. The van der Waals surface area contributed by atoms with E-state index in [2.05, 4.69) is 20.4 Å². The summed E-state index contributed by atoms with van der Waals surface area (Å²) in [4.78, 5) is 23.4. The third-order valence-electron chi connectivity index (χ3n) is 4.54. The number of rotatable bonds is 5. The molecular formula is C17H21N5O2. The molecule has 2 fully saturated rings. The van der Waals surface area contributed by atoms with Crippen LogP contribution in [0.1, 0.15) is 60.7 Å². The highest BCUT2D eigenvalue weighted by atomic mass is 16.5. The highest BCUT2D eigenvalue weighted by Gasteiger charge is 2.34. The maximum atomic E-state index is 12.8. The van der Waals surface area contributed by atoms with E-state index in [1.807, 2.05) is 24.0 Å². The van der Waals surface area contributed by atoms with E-state index >= 15 is 0 Å². The summed E-state index contributed by atoms with van der Waals surface area (Å²) in [6.07, 6.45) is 6.55. The molecular weight excluding hydrogens is 306 g/mol. The van der Waals surface area contributed by atoms with Gasteiger partial charge in [0.2, 0.25) is 5.89 Å². The van der Waals surface area contributed by atoms with E-state index in [0.29, 0.717) is 36.3 Å². The molecule has 1 aliphatic heterocycles. The molecule has 1 saturated carbocycles. The number of amides is 1. The summed E-state index contributed by atoms with van der Waals surface area (Å²) in [5.74, 6) is 2.03. The monoisotopic (exact) mass is 327 g/mol. The molecule has 1 aliphatic carbocycles. The Bertz CT molecular complexity index is 723. The zero-order valence-electron chi connectivity index (χ0n) is 13.7.